The number of hydrogen-bond acceptors (Lipinski definition) is 1. The first-order valence-electron chi connectivity index (χ1n) is 13.8. The molecule has 0 amide bonds. The van der Waals surface area contributed by atoms with Gasteiger partial charge in [0.2, 0.25) is 0 Å². The van der Waals surface area contributed by atoms with Gasteiger partial charge in [-0.3, -0.25) is 5.41 Å². The maximum atomic E-state index is 8.47. The van der Waals surface area contributed by atoms with Crippen molar-refractivity contribution in [2.24, 2.45) is 0 Å². The van der Waals surface area contributed by atoms with Gasteiger partial charge >= 0.3 is 0 Å². The largest absolute Gasteiger partial charge is 0.340 e. The highest BCUT2D eigenvalue weighted by atomic mass is 15.0. The molecular weight excluding hydrogens is 500 g/mol. The number of benzene rings is 6. The molecule has 0 aliphatic rings. The van der Waals surface area contributed by atoms with Gasteiger partial charge < -0.3 is 14.5 Å². The van der Waals surface area contributed by atoms with Crippen LogP contribution in [0.1, 0.15) is 5.56 Å². The summed E-state index contributed by atoms with van der Waals surface area (Å²) in [6.07, 6.45) is 2.16. The molecule has 194 valence electrons. The second kappa shape index (κ2) is 9.25. The Morgan fingerprint density at radius 3 is 2.07 bits per heavy atom. The molecule has 0 atom stereocenters. The Balaban J connectivity index is 1.30. The fourth-order valence-electron chi connectivity index (χ4n) is 6.01. The fraction of sp³-hybridized carbons (Fsp3) is 0. The van der Waals surface area contributed by atoms with Crippen LogP contribution in [0.4, 0.5) is 5.69 Å². The SMILES string of the molecule is N=C(Nc1ccc(-n2c3ccccc3c3ccc4cc5c(ccn5-c5ccccc5)cc4c32)cc1)c1ccccc1. The van der Waals surface area contributed by atoms with Gasteiger partial charge in [-0.1, -0.05) is 78.9 Å². The van der Waals surface area contributed by atoms with Crippen LogP contribution >= 0.6 is 0 Å². The summed E-state index contributed by atoms with van der Waals surface area (Å²) in [5.41, 5.74) is 7.57. The number of amidine groups is 1. The third kappa shape index (κ3) is 3.80. The summed E-state index contributed by atoms with van der Waals surface area (Å²) >= 11 is 0. The predicted molar refractivity (Wildman–Crippen MR) is 172 cm³/mol. The average molecular weight is 527 g/mol. The Labute approximate surface area is 237 Å². The summed E-state index contributed by atoms with van der Waals surface area (Å²) in [5.74, 6) is 0.382. The van der Waals surface area contributed by atoms with E-state index < -0.39 is 0 Å². The van der Waals surface area contributed by atoms with Crippen LogP contribution in [-0.4, -0.2) is 15.0 Å². The molecule has 4 heteroatoms. The van der Waals surface area contributed by atoms with E-state index in [1.807, 2.05) is 30.3 Å². The molecule has 0 radical (unpaired) electrons. The van der Waals surface area contributed by atoms with Crippen LogP contribution in [-0.2, 0) is 0 Å². The third-order valence-corrected chi connectivity index (χ3v) is 7.95. The van der Waals surface area contributed by atoms with E-state index in [4.69, 9.17) is 5.41 Å². The smallest absolute Gasteiger partial charge is 0.129 e. The molecule has 2 aromatic heterocycles. The number of hydrogen-bond donors (Lipinski definition) is 2. The minimum Gasteiger partial charge on any atom is -0.340 e. The maximum Gasteiger partial charge on any atom is 0.129 e. The lowest BCUT2D eigenvalue weighted by molar-refractivity contribution is 1.13. The number of nitrogens with zero attached hydrogens (tertiary/aromatic N) is 2. The van der Waals surface area contributed by atoms with Crippen LogP contribution < -0.4 is 5.32 Å². The van der Waals surface area contributed by atoms with Crippen molar-refractivity contribution in [3.8, 4) is 11.4 Å². The molecule has 0 aliphatic heterocycles. The lowest BCUT2D eigenvalue weighted by Crippen LogP contribution is -2.11. The molecule has 8 rings (SSSR count). The van der Waals surface area contributed by atoms with Crippen molar-refractivity contribution >= 4 is 55.0 Å². The molecular formula is C37H26N4. The molecule has 2 heterocycles. The molecule has 0 aliphatic carbocycles. The molecule has 0 bridgehead atoms. The number of fused-ring (bicyclic) bond motifs is 6. The number of rotatable bonds is 4. The summed E-state index contributed by atoms with van der Waals surface area (Å²) in [6, 6.07) is 48.6. The van der Waals surface area contributed by atoms with Crippen LogP contribution in [0.5, 0.6) is 0 Å². The minimum absolute atomic E-state index is 0.382. The summed E-state index contributed by atoms with van der Waals surface area (Å²) in [4.78, 5) is 0. The van der Waals surface area contributed by atoms with E-state index in [0.717, 1.165) is 22.6 Å². The Kier molecular flexibility index (Phi) is 5.25. The van der Waals surface area contributed by atoms with Gasteiger partial charge in [-0.15, -0.1) is 0 Å². The van der Waals surface area contributed by atoms with Crippen LogP contribution in [0.25, 0.3) is 54.9 Å². The van der Waals surface area contributed by atoms with Crippen molar-refractivity contribution in [3.63, 3.8) is 0 Å². The molecule has 6 aromatic carbocycles. The van der Waals surface area contributed by atoms with Gasteiger partial charge in [0.1, 0.15) is 5.84 Å². The monoisotopic (exact) mass is 526 g/mol. The molecule has 4 nitrogen and oxygen atoms in total. The number of aromatic nitrogens is 2. The molecule has 0 spiro atoms. The first-order chi connectivity index (χ1) is 20.2. The standard InChI is InChI=1S/C37H26N4/c38-37(25-9-3-1-4-10-25)39-28-16-18-30(19-17-28)41-34-14-8-7-13-31(34)32-20-15-26-24-35-27(23-33(26)36(32)41)21-22-40(35)29-11-5-2-6-12-29/h1-24H,(H2,38,39). The van der Waals surface area contributed by atoms with Gasteiger partial charge in [0.25, 0.3) is 0 Å². The van der Waals surface area contributed by atoms with E-state index in [9.17, 15) is 0 Å². The zero-order chi connectivity index (χ0) is 27.3. The van der Waals surface area contributed by atoms with Crippen LogP contribution in [0.15, 0.2) is 146 Å². The van der Waals surface area contributed by atoms with E-state index >= 15 is 0 Å². The van der Waals surface area contributed by atoms with Gasteiger partial charge in [-0.2, -0.15) is 0 Å². The van der Waals surface area contributed by atoms with Crippen molar-refractivity contribution < 1.29 is 0 Å². The van der Waals surface area contributed by atoms with Crippen molar-refractivity contribution in [2.45, 2.75) is 0 Å². The quantitative estimate of drug-likeness (QED) is 0.174. The molecule has 8 aromatic rings. The summed E-state index contributed by atoms with van der Waals surface area (Å²) in [7, 11) is 0. The van der Waals surface area contributed by atoms with Gasteiger partial charge in [0.05, 0.1) is 16.6 Å². The first kappa shape index (κ1) is 23.3. The third-order valence-electron chi connectivity index (χ3n) is 7.95. The summed E-state index contributed by atoms with van der Waals surface area (Å²) in [5, 5.41) is 17.8. The van der Waals surface area contributed by atoms with Crippen LogP contribution in [0.3, 0.4) is 0 Å². The van der Waals surface area contributed by atoms with Gasteiger partial charge in [0, 0.05) is 50.4 Å². The zero-order valence-corrected chi connectivity index (χ0v) is 22.3. The number of nitrogens with one attached hydrogen (secondary N) is 2. The van der Waals surface area contributed by atoms with E-state index in [2.05, 4.69) is 130 Å². The highest BCUT2D eigenvalue weighted by molar-refractivity contribution is 6.20. The Hall–Kier alpha value is -5.61. The fourth-order valence-corrected chi connectivity index (χ4v) is 6.01. The molecule has 2 N–H and O–H groups in total. The van der Waals surface area contributed by atoms with Gasteiger partial charge in [-0.05, 0) is 66.0 Å². The number of anilines is 1. The summed E-state index contributed by atoms with van der Waals surface area (Å²) in [6.45, 7) is 0. The lowest BCUT2D eigenvalue weighted by Gasteiger charge is -2.13. The highest BCUT2D eigenvalue weighted by Crippen LogP contribution is 2.38. The Morgan fingerprint density at radius 1 is 0.537 bits per heavy atom. The van der Waals surface area contributed by atoms with E-state index in [-0.39, 0.29) is 0 Å². The Bertz CT molecular complexity index is 2220. The normalized spacial score (nSPS) is 11.5. The molecule has 0 saturated heterocycles. The average Bonchev–Trinajstić information content (AvgIpc) is 3.60. The number of para-hydroxylation sites is 2. The Morgan fingerprint density at radius 2 is 1.27 bits per heavy atom. The minimum atomic E-state index is 0.382. The van der Waals surface area contributed by atoms with Crippen molar-refractivity contribution in [3.05, 3.63) is 151 Å². The second-order valence-electron chi connectivity index (χ2n) is 10.4. The maximum absolute atomic E-state index is 8.47. The lowest BCUT2D eigenvalue weighted by atomic mass is 10.0. The summed E-state index contributed by atoms with van der Waals surface area (Å²) < 4.78 is 4.63. The van der Waals surface area contributed by atoms with E-state index in [0.29, 0.717) is 5.84 Å². The van der Waals surface area contributed by atoms with Crippen molar-refractivity contribution in [1.82, 2.24) is 9.13 Å². The zero-order valence-electron chi connectivity index (χ0n) is 22.3. The predicted octanol–water partition coefficient (Wildman–Crippen LogP) is 9.32. The molecule has 41 heavy (non-hydrogen) atoms. The second-order valence-corrected chi connectivity index (χ2v) is 10.4. The van der Waals surface area contributed by atoms with E-state index in [1.54, 1.807) is 0 Å². The molecule has 0 saturated carbocycles. The van der Waals surface area contributed by atoms with Crippen LogP contribution in [0.2, 0.25) is 0 Å². The van der Waals surface area contributed by atoms with Gasteiger partial charge in [0.15, 0.2) is 0 Å². The first-order valence-corrected chi connectivity index (χ1v) is 13.8. The highest BCUT2D eigenvalue weighted by Gasteiger charge is 2.16. The van der Waals surface area contributed by atoms with Crippen molar-refractivity contribution in [2.75, 3.05) is 5.32 Å². The van der Waals surface area contributed by atoms with Gasteiger partial charge in [-0.25, -0.2) is 0 Å². The topological polar surface area (TPSA) is 45.7 Å². The van der Waals surface area contributed by atoms with Crippen LogP contribution in [0, 0.1) is 5.41 Å². The molecule has 0 unspecified atom stereocenters. The van der Waals surface area contributed by atoms with Crippen molar-refractivity contribution in [1.29, 1.82) is 5.41 Å². The van der Waals surface area contributed by atoms with E-state index in [1.165, 1.54) is 43.5 Å². The molecule has 0 fully saturated rings.